The minimum Gasteiger partial charge on any atom is -0.299 e. The van der Waals surface area contributed by atoms with Crippen LogP contribution in [0.4, 0.5) is 0 Å². The maximum Gasteiger partial charge on any atom is 0.182 e. The number of benzene rings is 1. The summed E-state index contributed by atoms with van der Waals surface area (Å²) in [4.78, 5) is 17.1. The SMILES string of the molecule is O=C(c1cc(Cl)ccc1Cl)C1CN2CCN1CC2. The Kier molecular flexibility index (Phi) is 3.32. The Morgan fingerprint density at radius 2 is 1.89 bits per heavy atom. The van der Waals surface area contributed by atoms with Crippen molar-refractivity contribution >= 4 is 29.0 Å². The van der Waals surface area contributed by atoms with Crippen LogP contribution in [0.1, 0.15) is 10.4 Å². The molecule has 0 spiro atoms. The molecule has 3 fully saturated rings. The van der Waals surface area contributed by atoms with E-state index in [0.717, 1.165) is 32.7 Å². The van der Waals surface area contributed by atoms with Crippen LogP contribution in [0.25, 0.3) is 0 Å². The van der Waals surface area contributed by atoms with Crippen LogP contribution in [0, 0.1) is 0 Å². The van der Waals surface area contributed by atoms with Crippen LogP contribution >= 0.6 is 23.2 Å². The highest BCUT2D eigenvalue weighted by Crippen LogP contribution is 2.25. The lowest BCUT2D eigenvalue weighted by molar-refractivity contribution is 0.0159. The average Bonchev–Trinajstić information content (AvgIpc) is 2.42. The Hall–Kier alpha value is -0.610. The lowest BCUT2D eigenvalue weighted by Crippen LogP contribution is -2.63. The number of ketones is 1. The largest absolute Gasteiger partial charge is 0.299 e. The molecule has 4 rings (SSSR count). The Bertz CT molecular complexity index is 484. The van der Waals surface area contributed by atoms with E-state index in [-0.39, 0.29) is 11.8 Å². The van der Waals surface area contributed by atoms with Crippen molar-refractivity contribution in [3.05, 3.63) is 33.8 Å². The van der Waals surface area contributed by atoms with Crippen molar-refractivity contribution in [1.82, 2.24) is 9.80 Å². The van der Waals surface area contributed by atoms with Crippen molar-refractivity contribution in [2.24, 2.45) is 0 Å². The molecule has 1 aromatic rings. The number of carbonyl (C=O) groups is 1. The summed E-state index contributed by atoms with van der Waals surface area (Å²) in [7, 11) is 0. The van der Waals surface area contributed by atoms with Crippen molar-refractivity contribution in [1.29, 1.82) is 0 Å². The summed E-state index contributed by atoms with van der Waals surface area (Å²) in [6.45, 7) is 4.87. The highest BCUT2D eigenvalue weighted by molar-refractivity contribution is 6.36. The lowest BCUT2D eigenvalue weighted by Gasteiger charge is -2.46. The van der Waals surface area contributed by atoms with E-state index in [2.05, 4.69) is 9.80 Å². The first kappa shape index (κ1) is 12.4. The molecule has 96 valence electrons. The fourth-order valence-corrected chi connectivity index (χ4v) is 3.11. The topological polar surface area (TPSA) is 23.6 Å². The highest BCUT2D eigenvalue weighted by Gasteiger charge is 2.37. The molecule has 0 N–H and O–H groups in total. The van der Waals surface area contributed by atoms with Gasteiger partial charge in [-0.1, -0.05) is 23.2 Å². The third-order valence-electron chi connectivity index (χ3n) is 3.78. The van der Waals surface area contributed by atoms with E-state index in [1.807, 2.05) is 0 Å². The first-order valence-corrected chi connectivity index (χ1v) is 6.86. The summed E-state index contributed by atoms with van der Waals surface area (Å²) in [5, 5.41) is 1.04. The molecule has 3 saturated heterocycles. The second-order valence-electron chi connectivity index (χ2n) is 4.84. The van der Waals surface area contributed by atoms with Crippen LogP contribution in [-0.2, 0) is 0 Å². The predicted molar refractivity (Wildman–Crippen MR) is 72.6 cm³/mol. The fraction of sp³-hybridized carbons (Fsp3) is 0.462. The van der Waals surface area contributed by atoms with Crippen LogP contribution in [0.15, 0.2) is 18.2 Å². The van der Waals surface area contributed by atoms with Gasteiger partial charge in [-0.2, -0.15) is 0 Å². The van der Waals surface area contributed by atoms with Crippen LogP contribution in [0.2, 0.25) is 10.0 Å². The van der Waals surface area contributed by atoms with Gasteiger partial charge >= 0.3 is 0 Å². The van der Waals surface area contributed by atoms with Crippen LogP contribution in [0.3, 0.4) is 0 Å². The van der Waals surface area contributed by atoms with Crippen LogP contribution in [0.5, 0.6) is 0 Å². The number of hydrogen-bond donors (Lipinski definition) is 0. The lowest BCUT2D eigenvalue weighted by atomic mass is 9.98. The van der Waals surface area contributed by atoms with Gasteiger partial charge in [-0.05, 0) is 18.2 Å². The molecule has 0 aliphatic carbocycles. The molecule has 5 heteroatoms. The number of fused-ring (bicyclic) bond motifs is 3. The quantitative estimate of drug-likeness (QED) is 0.778. The van der Waals surface area contributed by atoms with Gasteiger partial charge in [0.15, 0.2) is 5.78 Å². The first-order chi connectivity index (χ1) is 8.65. The van der Waals surface area contributed by atoms with Crippen molar-refractivity contribution in [3.63, 3.8) is 0 Å². The number of halogens is 2. The summed E-state index contributed by atoms with van der Waals surface area (Å²) in [5.74, 6) is 0.0897. The number of piperazine rings is 3. The zero-order chi connectivity index (χ0) is 12.7. The second kappa shape index (κ2) is 4.82. The van der Waals surface area contributed by atoms with Gasteiger partial charge in [0, 0.05) is 43.3 Å². The van der Waals surface area contributed by atoms with Crippen LogP contribution in [-0.4, -0.2) is 54.3 Å². The molecule has 1 aromatic carbocycles. The number of carbonyl (C=O) groups excluding carboxylic acids is 1. The fourth-order valence-electron chi connectivity index (χ4n) is 2.73. The summed E-state index contributed by atoms with van der Waals surface area (Å²) in [6.07, 6.45) is 0. The smallest absolute Gasteiger partial charge is 0.182 e. The number of nitrogens with zero attached hydrogens (tertiary/aromatic N) is 2. The maximum absolute atomic E-state index is 12.6. The molecule has 3 aliphatic rings. The maximum atomic E-state index is 12.6. The van der Waals surface area contributed by atoms with Crippen molar-refractivity contribution in [3.8, 4) is 0 Å². The zero-order valence-corrected chi connectivity index (χ0v) is 11.4. The standard InChI is InChI=1S/C13H14Cl2N2O/c14-9-1-2-11(15)10(7-9)13(18)12-8-16-3-5-17(12)6-4-16/h1-2,7,12H,3-6,8H2. The van der Waals surface area contributed by atoms with Gasteiger partial charge in [0.05, 0.1) is 11.1 Å². The molecule has 0 saturated carbocycles. The number of rotatable bonds is 2. The predicted octanol–water partition coefficient (Wildman–Crippen LogP) is 2.18. The van der Waals surface area contributed by atoms with Gasteiger partial charge in [0.25, 0.3) is 0 Å². The third kappa shape index (κ3) is 2.16. The molecule has 2 bridgehead atoms. The van der Waals surface area contributed by atoms with Crippen molar-refractivity contribution in [2.75, 3.05) is 32.7 Å². The second-order valence-corrected chi connectivity index (χ2v) is 5.68. The first-order valence-electron chi connectivity index (χ1n) is 6.11. The molecule has 3 nitrogen and oxygen atoms in total. The number of Topliss-reactive ketones (excluding diaryl/α,β-unsaturated/α-hetero) is 1. The third-order valence-corrected chi connectivity index (χ3v) is 4.34. The molecule has 0 amide bonds. The summed E-state index contributed by atoms with van der Waals surface area (Å²) in [6, 6.07) is 5.00. The Morgan fingerprint density at radius 1 is 1.17 bits per heavy atom. The average molecular weight is 285 g/mol. The van der Waals surface area contributed by atoms with Gasteiger partial charge in [0.2, 0.25) is 0 Å². The van der Waals surface area contributed by atoms with E-state index in [4.69, 9.17) is 23.2 Å². The van der Waals surface area contributed by atoms with E-state index < -0.39 is 0 Å². The molecular formula is C13H14Cl2N2O. The van der Waals surface area contributed by atoms with E-state index in [0.29, 0.717) is 15.6 Å². The minimum absolute atomic E-state index is 0.0662. The molecule has 0 radical (unpaired) electrons. The number of hydrogen-bond acceptors (Lipinski definition) is 3. The van der Waals surface area contributed by atoms with Crippen molar-refractivity contribution < 1.29 is 4.79 Å². The van der Waals surface area contributed by atoms with Gasteiger partial charge in [-0.3, -0.25) is 14.6 Å². The molecular weight excluding hydrogens is 271 g/mol. The van der Waals surface area contributed by atoms with Crippen LogP contribution < -0.4 is 0 Å². The molecule has 3 heterocycles. The van der Waals surface area contributed by atoms with Crippen molar-refractivity contribution in [2.45, 2.75) is 6.04 Å². The van der Waals surface area contributed by atoms with E-state index in [1.165, 1.54) is 0 Å². The minimum atomic E-state index is -0.0662. The van der Waals surface area contributed by atoms with Gasteiger partial charge in [0.1, 0.15) is 0 Å². The molecule has 18 heavy (non-hydrogen) atoms. The summed E-state index contributed by atoms with van der Waals surface area (Å²) in [5.41, 5.74) is 0.544. The Balaban J connectivity index is 1.88. The summed E-state index contributed by atoms with van der Waals surface area (Å²) >= 11 is 12.0. The normalized spacial score (nSPS) is 30.4. The molecule has 1 atom stereocenters. The molecule has 1 unspecified atom stereocenters. The van der Waals surface area contributed by atoms with Gasteiger partial charge < -0.3 is 0 Å². The summed E-state index contributed by atoms with van der Waals surface area (Å²) < 4.78 is 0. The van der Waals surface area contributed by atoms with Gasteiger partial charge in [-0.25, -0.2) is 0 Å². The zero-order valence-electron chi connectivity index (χ0n) is 9.90. The monoisotopic (exact) mass is 284 g/mol. The van der Waals surface area contributed by atoms with Gasteiger partial charge in [-0.15, -0.1) is 0 Å². The molecule has 3 aliphatic heterocycles. The Labute approximate surface area is 116 Å². The van der Waals surface area contributed by atoms with E-state index >= 15 is 0 Å². The van der Waals surface area contributed by atoms with E-state index in [9.17, 15) is 4.79 Å². The Morgan fingerprint density at radius 3 is 2.50 bits per heavy atom. The molecule has 0 aromatic heterocycles. The van der Waals surface area contributed by atoms with E-state index in [1.54, 1.807) is 18.2 Å². The highest BCUT2D eigenvalue weighted by atomic mass is 35.5.